The SMILES string of the molecule is COC1(c2cccc(O[Si](C)(C)C(C)(C)C)c2)OOC12C(C)(C)CC2(C)C. The van der Waals surface area contributed by atoms with Gasteiger partial charge in [-0.15, -0.1) is 0 Å². The molecule has 1 spiro atoms. The zero-order valence-electron chi connectivity index (χ0n) is 18.6. The predicted molar refractivity (Wildman–Crippen MR) is 110 cm³/mol. The van der Waals surface area contributed by atoms with Gasteiger partial charge in [-0.25, -0.2) is 4.89 Å². The molecule has 1 heterocycles. The zero-order chi connectivity index (χ0) is 20.5. The summed E-state index contributed by atoms with van der Waals surface area (Å²) in [5.74, 6) is -0.0542. The summed E-state index contributed by atoms with van der Waals surface area (Å²) in [6, 6.07) is 8.17. The molecule has 2 fully saturated rings. The first kappa shape index (κ1) is 20.8. The molecule has 1 atom stereocenters. The molecule has 1 saturated carbocycles. The molecule has 4 nitrogen and oxygen atoms in total. The van der Waals surface area contributed by atoms with Crippen LogP contribution in [0.25, 0.3) is 0 Å². The Morgan fingerprint density at radius 3 is 2.00 bits per heavy atom. The number of methoxy groups -OCH3 is 1. The molecule has 27 heavy (non-hydrogen) atoms. The Balaban J connectivity index is 2.02. The van der Waals surface area contributed by atoms with E-state index < -0.39 is 19.7 Å². The monoisotopic (exact) mass is 392 g/mol. The van der Waals surface area contributed by atoms with E-state index in [1.54, 1.807) is 7.11 Å². The zero-order valence-corrected chi connectivity index (χ0v) is 19.6. The molecule has 1 aromatic carbocycles. The molecule has 1 aromatic rings. The number of hydrogen-bond donors (Lipinski definition) is 0. The van der Waals surface area contributed by atoms with E-state index in [1.165, 1.54) is 0 Å². The number of rotatable bonds is 4. The number of hydrogen-bond acceptors (Lipinski definition) is 4. The smallest absolute Gasteiger partial charge is 0.261 e. The van der Waals surface area contributed by atoms with Crippen molar-refractivity contribution in [2.75, 3.05) is 7.11 Å². The minimum Gasteiger partial charge on any atom is -0.543 e. The quantitative estimate of drug-likeness (QED) is 0.463. The fourth-order valence-electron chi connectivity index (χ4n) is 5.24. The molecular formula is C22H36O4Si. The Labute approximate surface area is 165 Å². The van der Waals surface area contributed by atoms with Crippen LogP contribution in [-0.2, 0) is 20.3 Å². The lowest BCUT2D eigenvalue weighted by Gasteiger charge is -2.74. The predicted octanol–water partition coefficient (Wildman–Crippen LogP) is 6.03. The number of benzene rings is 1. The number of ether oxygens (including phenoxy) is 1. The van der Waals surface area contributed by atoms with Crippen LogP contribution in [0, 0.1) is 10.8 Å². The maximum atomic E-state index is 6.53. The van der Waals surface area contributed by atoms with Gasteiger partial charge in [-0.2, -0.15) is 4.89 Å². The standard InChI is InChI=1S/C22H36O4Si/c1-18(2,3)27(9,10)24-17-13-11-12-16(14-17)21(23-8)22(26-25-21)19(4,5)15-20(22,6)7/h11-14H,15H2,1-10H3. The van der Waals surface area contributed by atoms with Gasteiger partial charge in [-0.3, -0.25) is 0 Å². The Morgan fingerprint density at radius 1 is 1.00 bits per heavy atom. The summed E-state index contributed by atoms with van der Waals surface area (Å²) in [7, 11) is -0.225. The lowest BCUT2D eigenvalue weighted by Crippen LogP contribution is -2.84. The van der Waals surface area contributed by atoms with Crippen molar-refractivity contribution in [2.24, 2.45) is 10.8 Å². The highest BCUT2D eigenvalue weighted by atomic mass is 28.4. The summed E-state index contributed by atoms with van der Waals surface area (Å²) in [4.78, 5) is 11.7. The lowest BCUT2D eigenvalue weighted by molar-refractivity contribution is -0.673. The van der Waals surface area contributed by atoms with Crippen molar-refractivity contribution in [3.8, 4) is 5.75 Å². The van der Waals surface area contributed by atoms with Crippen LogP contribution in [-0.4, -0.2) is 21.0 Å². The Morgan fingerprint density at radius 2 is 1.59 bits per heavy atom. The third kappa shape index (κ3) is 2.58. The van der Waals surface area contributed by atoms with Crippen molar-refractivity contribution < 1.29 is 18.9 Å². The van der Waals surface area contributed by atoms with E-state index in [0.717, 1.165) is 17.7 Å². The van der Waals surface area contributed by atoms with Gasteiger partial charge in [0, 0.05) is 23.5 Å². The average Bonchev–Trinajstić information content (AvgIpc) is 2.43. The van der Waals surface area contributed by atoms with Gasteiger partial charge in [-0.05, 0) is 36.7 Å². The second-order valence-corrected chi connectivity index (χ2v) is 15.7. The van der Waals surface area contributed by atoms with Crippen LogP contribution < -0.4 is 4.43 Å². The highest BCUT2D eigenvalue weighted by molar-refractivity contribution is 6.74. The topological polar surface area (TPSA) is 36.9 Å². The molecule has 0 N–H and O–H groups in total. The van der Waals surface area contributed by atoms with Crippen LogP contribution in [0.3, 0.4) is 0 Å². The second kappa shape index (κ2) is 5.82. The molecule has 0 radical (unpaired) electrons. The fraction of sp³-hybridized carbons (Fsp3) is 0.727. The van der Waals surface area contributed by atoms with E-state index in [4.69, 9.17) is 18.9 Å². The van der Waals surface area contributed by atoms with Gasteiger partial charge < -0.3 is 9.16 Å². The van der Waals surface area contributed by atoms with E-state index in [0.29, 0.717) is 0 Å². The molecule has 0 aromatic heterocycles. The molecule has 5 heteroatoms. The largest absolute Gasteiger partial charge is 0.543 e. The summed E-state index contributed by atoms with van der Waals surface area (Å²) < 4.78 is 12.6. The minimum absolute atomic E-state index is 0.0545. The summed E-state index contributed by atoms with van der Waals surface area (Å²) in [6.45, 7) is 20.2. The lowest BCUT2D eigenvalue weighted by atomic mass is 9.41. The van der Waals surface area contributed by atoms with E-state index in [-0.39, 0.29) is 15.9 Å². The van der Waals surface area contributed by atoms with Crippen LogP contribution >= 0.6 is 0 Å². The third-order valence-electron chi connectivity index (χ3n) is 7.22. The first-order valence-corrected chi connectivity index (χ1v) is 12.8. The molecule has 2 aliphatic rings. The van der Waals surface area contributed by atoms with Crippen LogP contribution in [0.2, 0.25) is 18.1 Å². The minimum atomic E-state index is -1.93. The second-order valence-electron chi connectivity index (χ2n) is 11.0. The molecule has 1 aliphatic heterocycles. The maximum Gasteiger partial charge on any atom is 0.261 e. The highest BCUT2D eigenvalue weighted by Gasteiger charge is 2.84. The summed E-state index contributed by atoms with van der Waals surface area (Å²) >= 11 is 0. The molecule has 0 amide bonds. The summed E-state index contributed by atoms with van der Waals surface area (Å²) in [5.41, 5.74) is 0.313. The van der Waals surface area contributed by atoms with Crippen molar-refractivity contribution >= 4 is 8.32 Å². The van der Waals surface area contributed by atoms with Gasteiger partial charge in [-0.1, -0.05) is 60.6 Å². The van der Waals surface area contributed by atoms with E-state index in [1.807, 2.05) is 12.1 Å². The van der Waals surface area contributed by atoms with Crippen LogP contribution in [0.1, 0.15) is 60.5 Å². The van der Waals surface area contributed by atoms with Crippen molar-refractivity contribution in [3.63, 3.8) is 0 Å². The van der Waals surface area contributed by atoms with Crippen LogP contribution in [0.4, 0.5) is 0 Å². The Hall–Kier alpha value is -0.883. The first-order valence-electron chi connectivity index (χ1n) is 9.87. The van der Waals surface area contributed by atoms with Gasteiger partial charge in [0.15, 0.2) is 5.60 Å². The third-order valence-corrected chi connectivity index (χ3v) is 11.6. The van der Waals surface area contributed by atoms with Gasteiger partial charge in [0.25, 0.3) is 5.79 Å². The molecule has 152 valence electrons. The Kier molecular flexibility index (Phi) is 4.49. The average molecular weight is 393 g/mol. The van der Waals surface area contributed by atoms with Crippen LogP contribution in [0.15, 0.2) is 24.3 Å². The van der Waals surface area contributed by atoms with Gasteiger partial charge in [0.2, 0.25) is 8.32 Å². The van der Waals surface area contributed by atoms with E-state index in [2.05, 4.69) is 73.7 Å². The van der Waals surface area contributed by atoms with E-state index >= 15 is 0 Å². The van der Waals surface area contributed by atoms with Gasteiger partial charge in [0.05, 0.1) is 0 Å². The molecular weight excluding hydrogens is 356 g/mol. The van der Waals surface area contributed by atoms with Crippen molar-refractivity contribution in [3.05, 3.63) is 29.8 Å². The fourth-order valence-corrected chi connectivity index (χ4v) is 6.26. The normalized spacial score (nSPS) is 28.4. The molecule has 0 bridgehead atoms. The molecule has 1 saturated heterocycles. The van der Waals surface area contributed by atoms with Crippen molar-refractivity contribution in [1.82, 2.24) is 0 Å². The van der Waals surface area contributed by atoms with Gasteiger partial charge in [0.1, 0.15) is 5.75 Å². The summed E-state index contributed by atoms with van der Waals surface area (Å²) in [5, 5.41) is 0.136. The van der Waals surface area contributed by atoms with Gasteiger partial charge >= 0.3 is 0 Å². The highest BCUT2D eigenvalue weighted by Crippen LogP contribution is 2.75. The summed E-state index contributed by atoms with van der Waals surface area (Å²) in [6.07, 6.45) is 1.05. The van der Waals surface area contributed by atoms with Crippen LogP contribution in [0.5, 0.6) is 5.75 Å². The maximum absolute atomic E-state index is 6.53. The van der Waals surface area contributed by atoms with Crippen molar-refractivity contribution in [2.45, 2.75) is 84.4 Å². The first-order chi connectivity index (χ1) is 12.2. The van der Waals surface area contributed by atoms with E-state index in [9.17, 15) is 0 Å². The van der Waals surface area contributed by atoms with Crippen molar-refractivity contribution in [1.29, 1.82) is 0 Å². The molecule has 1 unspecified atom stereocenters. The Bertz CT molecular complexity index is 714. The molecule has 1 aliphatic carbocycles. The molecule has 3 rings (SSSR count).